The van der Waals surface area contributed by atoms with Gasteiger partial charge in [-0.2, -0.15) is 0 Å². The molecule has 0 aliphatic carbocycles. The molecule has 0 saturated heterocycles. The molecule has 0 atom stereocenters. The predicted molar refractivity (Wildman–Crippen MR) is 76.4 cm³/mol. The number of ether oxygens (including phenoxy) is 1. The average molecular weight is 271 g/mol. The highest BCUT2D eigenvalue weighted by molar-refractivity contribution is 5.94. The fourth-order valence-corrected chi connectivity index (χ4v) is 1.68. The molecule has 104 valence electrons. The fraction of sp³-hybridized carbons (Fsp3) is 0.200. The summed E-state index contributed by atoms with van der Waals surface area (Å²) in [7, 11) is 0. The fourth-order valence-electron chi connectivity index (χ4n) is 1.68. The van der Waals surface area contributed by atoms with Crippen LogP contribution in [-0.4, -0.2) is 24.0 Å². The minimum atomic E-state index is -0.154. The Hall–Kier alpha value is -2.40. The van der Waals surface area contributed by atoms with Gasteiger partial charge in [-0.05, 0) is 24.3 Å². The number of nitrogens with one attached hydrogen (secondary N) is 1. The first-order valence-corrected chi connectivity index (χ1v) is 6.40. The van der Waals surface area contributed by atoms with Crippen LogP contribution in [0, 0.1) is 0 Å². The molecule has 0 aliphatic heterocycles. The zero-order valence-electron chi connectivity index (χ0n) is 11.1. The van der Waals surface area contributed by atoms with Crippen LogP contribution in [0.4, 0.5) is 0 Å². The third-order valence-electron chi connectivity index (χ3n) is 2.69. The smallest absolute Gasteiger partial charge is 0.251 e. The monoisotopic (exact) mass is 271 g/mol. The number of nitrogens with two attached hydrogens (primary N) is 1. The highest BCUT2D eigenvalue weighted by Crippen LogP contribution is 2.07. The topological polar surface area (TPSA) is 77.2 Å². The first-order valence-electron chi connectivity index (χ1n) is 6.40. The highest BCUT2D eigenvalue weighted by Gasteiger charge is 2.05. The van der Waals surface area contributed by atoms with Crippen LogP contribution in [0.1, 0.15) is 16.1 Å². The van der Waals surface area contributed by atoms with Crippen LogP contribution >= 0.6 is 0 Å². The van der Waals surface area contributed by atoms with Crippen LogP contribution in [-0.2, 0) is 6.54 Å². The number of benzene rings is 1. The summed E-state index contributed by atoms with van der Waals surface area (Å²) in [6, 6.07) is 12.8. The second-order valence-electron chi connectivity index (χ2n) is 4.16. The number of carbonyl (C=O) groups excluding carboxylic acids is 1. The van der Waals surface area contributed by atoms with Crippen molar-refractivity contribution in [2.75, 3.05) is 13.2 Å². The van der Waals surface area contributed by atoms with Crippen LogP contribution in [0.2, 0.25) is 0 Å². The Balaban J connectivity index is 1.77. The molecular weight excluding hydrogens is 254 g/mol. The molecule has 1 aromatic heterocycles. The van der Waals surface area contributed by atoms with Crippen molar-refractivity contribution in [3.05, 3.63) is 59.9 Å². The Labute approximate surface area is 117 Å². The predicted octanol–water partition coefficient (Wildman–Crippen LogP) is 1.35. The van der Waals surface area contributed by atoms with Crippen molar-refractivity contribution in [3.63, 3.8) is 0 Å². The maximum Gasteiger partial charge on any atom is 0.251 e. The van der Waals surface area contributed by atoms with E-state index in [0.717, 1.165) is 5.75 Å². The van der Waals surface area contributed by atoms with Gasteiger partial charge in [-0.3, -0.25) is 9.78 Å². The summed E-state index contributed by atoms with van der Waals surface area (Å²) in [6.07, 6.45) is 1.58. The van der Waals surface area contributed by atoms with Gasteiger partial charge in [0.2, 0.25) is 0 Å². The van der Waals surface area contributed by atoms with Crippen LogP contribution < -0.4 is 15.8 Å². The van der Waals surface area contributed by atoms with Gasteiger partial charge >= 0.3 is 0 Å². The Morgan fingerprint density at radius 3 is 2.80 bits per heavy atom. The van der Waals surface area contributed by atoms with Gasteiger partial charge in [-0.25, -0.2) is 0 Å². The van der Waals surface area contributed by atoms with Gasteiger partial charge in [0.25, 0.3) is 5.91 Å². The number of rotatable bonds is 6. The van der Waals surface area contributed by atoms with E-state index in [2.05, 4.69) is 10.3 Å². The van der Waals surface area contributed by atoms with Crippen molar-refractivity contribution < 1.29 is 9.53 Å². The number of hydrogen-bond donors (Lipinski definition) is 2. The Morgan fingerprint density at radius 2 is 2.05 bits per heavy atom. The maximum absolute atomic E-state index is 11.9. The Bertz CT molecular complexity index is 558. The van der Waals surface area contributed by atoms with Gasteiger partial charge in [-0.15, -0.1) is 0 Å². The first kappa shape index (κ1) is 14.0. The molecule has 1 heterocycles. The quantitative estimate of drug-likeness (QED) is 0.777. The SMILES string of the molecule is NCc1cc(C(=O)NCCOc2ccccc2)ccn1. The van der Waals surface area contributed by atoms with Crippen LogP contribution in [0.15, 0.2) is 48.7 Å². The van der Waals surface area contributed by atoms with Crippen LogP contribution in [0.5, 0.6) is 5.75 Å². The number of amides is 1. The lowest BCUT2D eigenvalue weighted by molar-refractivity contribution is 0.0947. The van der Waals surface area contributed by atoms with Crippen molar-refractivity contribution in [2.24, 2.45) is 5.73 Å². The summed E-state index contributed by atoms with van der Waals surface area (Å²) < 4.78 is 5.49. The molecule has 3 N–H and O–H groups in total. The number of pyridine rings is 1. The van der Waals surface area contributed by atoms with E-state index in [1.54, 1.807) is 18.3 Å². The standard InChI is InChI=1S/C15H17N3O2/c16-11-13-10-12(6-7-17-13)15(19)18-8-9-20-14-4-2-1-3-5-14/h1-7,10H,8-9,11,16H2,(H,18,19). The molecule has 2 rings (SSSR count). The van der Waals surface area contributed by atoms with E-state index in [1.165, 1.54) is 0 Å². The lowest BCUT2D eigenvalue weighted by Gasteiger charge is -2.08. The van der Waals surface area contributed by atoms with E-state index in [4.69, 9.17) is 10.5 Å². The number of hydrogen-bond acceptors (Lipinski definition) is 4. The summed E-state index contributed by atoms with van der Waals surface area (Å²) >= 11 is 0. The summed E-state index contributed by atoms with van der Waals surface area (Å²) in [6.45, 7) is 1.18. The zero-order chi connectivity index (χ0) is 14.2. The third kappa shape index (κ3) is 4.07. The second kappa shape index (κ2) is 7.25. The van der Waals surface area contributed by atoms with Gasteiger partial charge in [-0.1, -0.05) is 18.2 Å². The highest BCUT2D eigenvalue weighted by atomic mass is 16.5. The number of carbonyl (C=O) groups is 1. The van der Waals surface area contributed by atoms with Crippen molar-refractivity contribution in [2.45, 2.75) is 6.54 Å². The van der Waals surface area contributed by atoms with Gasteiger partial charge in [0.05, 0.1) is 12.2 Å². The molecule has 0 spiro atoms. The molecule has 0 aliphatic rings. The van der Waals surface area contributed by atoms with Crippen LogP contribution in [0.3, 0.4) is 0 Å². The Kier molecular flexibility index (Phi) is 5.08. The van der Waals surface area contributed by atoms with Gasteiger partial charge in [0.15, 0.2) is 0 Å². The molecule has 20 heavy (non-hydrogen) atoms. The number of nitrogens with zero attached hydrogens (tertiary/aromatic N) is 1. The van der Waals surface area contributed by atoms with Gasteiger partial charge < -0.3 is 15.8 Å². The first-order chi connectivity index (χ1) is 9.79. The lowest BCUT2D eigenvalue weighted by atomic mass is 10.2. The molecule has 1 aromatic carbocycles. The van der Waals surface area contributed by atoms with Crippen molar-refractivity contribution in [3.8, 4) is 5.75 Å². The second-order valence-corrected chi connectivity index (χ2v) is 4.16. The van der Waals surface area contributed by atoms with Gasteiger partial charge in [0, 0.05) is 18.3 Å². The van der Waals surface area contributed by atoms with E-state index in [1.807, 2.05) is 30.3 Å². The lowest BCUT2D eigenvalue weighted by Crippen LogP contribution is -2.28. The van der Waals surface area contributed by atoms with Crippen LogP contribution in [0.25, 0.3) is 0 Å². The van der Waals surface area contributed by atoms with E-state index < -0.39 is 0 Å². The third-order valence-corrected chi connectivity index (χ3v) is 2.69. The number of para-hydroxylation sites is 1. The summed E-state index contributed by atoms with van der Waals surface area (Å²) in [5.41, 5.74) is 6.74. The normalized spacial score (nSPS) is 10.1. The molecule has 5 nitrogen and oxygen atoms in total. The summed E-state index contributed by atoms with van der Waals surface area (Å²) in [5.74, 6) is 0.634. The zero-order valence-corrected chi connectivity index (χ0v) is 11.1. The molecule has 5 heteroatoms. The molecule has 0 saturated carbocycles. The molecule has 0 radical (unpaired) electrons. The Morgan fingerprint density at radius 1 is 1.25 bits per heavy atom. The molecule has 0 unspecified atom stereocenters. The molecule has 0 bridgehead atoms. The van der Waals surface area contributed by atoms with Gasteiger partial charge in [0.1, 0.15) is 12.4 Å². The van der Waals surface area contributed by atoms with E-state index in [9.17, 15) is 4.79 Å². The van der Waals surface area contributed by atoms with Crippen molar-refractivity contribution >= 4 is 5.91 Å². The summed E-state index contributed by atoms with van der Waals surface area (Å²) in [5, 5.41) is 2.79. The number of aromatic nitrogens is 1. The van der Waals surface area contributed by atoms with Crippen molar-refractivity contribution in [1.82, 2.24) is 10.3 Å². The van der Waals surface area contributed by atoms with E-state index in [-0.39, 0.29) is 5.91 Å². The average Bonchev–Trinajstić information content (AvgIpc) is 2.52. The maximum atomic E-state index is 11.9. The van der Waals surface area contributed by atoms with Crippen molar-refractivity contribution in [1.29, 1.82) is 0 Å². The minimum Gasteiger partial charge on any atom is -0.492 e. The molecule has 0 fully saturated rings. The largest absolute Gasteiger partial charge is 0.492 e. The molecule has 1 amide bonds. The van der Waals surface area contributed by atoms with E-state index in [0.29, 0.717) is 31.0 Å². The van der Waals surface area contributed by atoms with E-state index >= 15 is 0 Å². The molecule has 2 aromatic rings. The molecular formula is C15H17N3O2. The summed E-state index contributed by atoms with van der Waals surface area (Å²) in [4.78, 5) is 15.9. The minimum absolute atomic E-state index is 0.154.